The third-order valence-electron chi connectivity index (χ3n) is 3.31. The summed E-state index contributed by atoms with van der Waals surface area (Å²) in [7, 11) is 0. The topological polar surface area (TPSA) is 38.5 Å². The highest BCUT2D eigenvalue weighted by Gasteiger charge is 2.23. The molecule has 1 atom stereocenters. The maximum absolute atomic E-state index is 6.20. The first kappa shape index (κ1) is 12.7. The third-order valence-corrected chi connectivity index (χ3v) is 3.66. The molecule has 2 N–H and O–H groups in total. The smallest absolute Gasteiger partial charge is 0.0670 e. The van der Waals surface area contributed by atoms with Gasteiger partial charge in [-0.3, -0.25) is 0 Å². The summed E-state index contributed by atoms with van der Waals surface area (Å²) in [5.41, 5.74) is 8.00. The van der Waals surface area contributed by atoms with E-state index in [1.165, 1.54) is 0 Å². The van der Waals surface area contributed by atoms with Gasteiger partial charge in [-0.15, -0.1) is 0 Å². The minimum absolute atomic E-state index is 0.424. The van der Waals surface area contributed by atoms with Crippen LogP contribution in [0.3, 0.4) is 0 Å². The Hall–Kier alpha value is -0.770. The van der Waals surface area contributed by atoms with E-state index in [1.54, 1.807) is 0 Å². The molecule has 0 aliphatic carbocycles. The first-order valence-corrected chi connectivity index (χ1v) is 6.47. The van der Waals surface area contributed by atoms with Gasteiger partial charge in [0.25, 0.3) is 0 Å². The number of anilines is 1. The van der Waals surface area contributed by atoms with Crippen molar-refractivity contribution in [2.24, 2.45) is 5.73 Å². The zero-order chi connectivity index (χ0) is 12.3. The summed E-state index contributed by atoms with van der Waals surface area (Å²) in [5.74, 6) is 0. The first-order valence-electron chi connectivity index (χ1n) is 6.09. The average molecular weight is 255 g/mol. The van der Waals surface area contributed by atoms with Gasteiger partial charge in [0.05, 0.1) is 19.3 Å². The maximum atomic E-state index is 6.20. The Kier molecular flexibility index (Phi) is 4.26. The molecule has 1 aromatic carbocycles. The van der Waals surface area contributed by atoms with E-state index in [2.05, 4.69) is 17.9 Å². The first-order chi connectivity index (χ1) is 8.27. The molecule has 94 valence electrons. The zero-order valence-corrected chi connectivity index (χ0v) is 10.9. The van der Waals surface area contributed by atoms with Crippen molar-refractivity contribution in [3.63, 3.8) is 0 Å². The highest BCUT2D eigenvalue weighted by Crippen LogP contribution is 2.30. The van der Waals surface area contributed by atoms with E-state index in [1.807, 2.05) is 12.1 Å². The Labute approximate surface area is 107 Å². The van der Waals surface area contributed by atoms with Crippen molar-refractivity contribution in [2.45, 2.75) is 25.9 Å². The number of ether oxygens (including phenoxy) is 1. The number of rotatable bonds is 3. The standard InChI is InChI=1S/C13H19ClN2O/c1-2-10-9-17-7-6-16(10)13-5-3-4-12(14)11(13)8-15/h3-5,10H,2,6-9,15H2,1H3. The van der Waals surface area contributed by atoms with Gasteiger partial charge in [-0.05, 0) is 18.6 Å². The molecule has 1 aliphatic heterocycles. The predicted octanol–water partition coefficient (Wildman–Crippen LogP) is 2.41. The van der Waals surface area contributed by atoms with Crippen molar-refractivity contribution >= 4 is 17.3 Å². The van der Waals surface area contributed by atoms with Crippen LogP contribution in [0.2, 0.25) is 5.02 Å². The lowest BCUT2D eigenvalue weighted by Gasteiger charge is -2.38. The monoisotopic (exact) mass is 254 g/mol. The predicted molar refractivity (Wildman–Crippen MR) is 71.6 cm³/mol. The number of nitrogens with two attached hydrogens (primary N) is 1. The Bertz CT molecular complexity index is 384. The van der Waals surface area contributed by atoms with Gasteiger partial charge in [0.1, 0.15) is 0 Å². The molecule has 1 aliphatic rings. The van der Waals surface area contributed by atoms with Crippen molar-refractivity contribution < 1.29 is 4.74 Å². The normalized spacial score (nSPS) is 20.6. The van der Waals surface area contributed by atoms with Crippen LogP contribution in [-0.4, -0.2) is 25.8 Å². The Morgan fingerprint density at radius 3 is 3.06 bits per heavy atom. The molecule has 1 saturated heterocycles. The molecule has 0 saturated carbocycles. The fourth-order valence-electron chi connectivity index (χ4n) is 2.33. The largest absolute Gasteiger partial charge is 0.377 e. The Morgan fingerprint density at radius 1 is 1.53 bits per heavy atom. The van der Waals surface area contributed by atoms with Crippen LogP contribution in [0.25, 0.3) is 0 Å². The fourth-order valence-corrected chi connectivity index (χ4v) is 2.58. The summed E-state index contributed by atoms with van der Waals surface area (Å²) < 4.78 is 5.52. The molecule has 2 rings (SSSR count). The lowest BCUT2D eigenvalue weighted by Crippen LogP contribution is -2.45. The molecule has 0 radical (unpaired) electrons. The molecular weight excluding hydrogens is 236 g/mol. The zero-order valence-electron chi connectivity index (χ0n) is 10.2. The van der Waals surface area contributed by atoms with Crippen LogP contribution in [0, 0.1) is 0 Å². The average Bonchev–Trinajstić information content (AvgIpc) is 2.38. The summed E-state index contributed by atoms with van der Waals surface area (Å²) in [5, 5.41) is 0.756. The number of benzene rings is 1. The summed E-state index contributed by atoms with van der Waals surface area (Å²) in [6.07, 6.45) is 1.07. The van der Waals surface area contributed by atoms with E-state index in [9.17, 15) is 0 Å². The van der Waals surface area contributed by atoms with Crippen LogP contribution >= 0.6 is 11.6 Å². The number of nitrogens with zero attached hydrogens (tertiary/aromatic N) is 1. The summed E-state index contributed by atoms with van der Waals surface area (Å²) in [6, 6.07) is 6.41. The second-order valence-corrected chi connectivity index (χ2v) is 4.68. The summed E-state index contributed by atoms with van der Waals surface area (Å²) >= 11 is 6.20. The number of hydrogen-bond donors (Lipinski definition) is 1. The molecule has 0 amide bonds. The maximum Gasteiger partial charge on any atom is 0.0670 e. The van der Waals surface area contributed by atoms with Gasteiger partial charge in [-0.1, -0.05) is 24.6 Å². The summed E-state index contributed by atoms with van der Waals surface area (Å²) in [6.45, 7) is 5.12. The lowest BCUT2D eigenvalue weighted by molar-refractivity contribution is 0.0929. The number of hydrogen-bond acceptors (Lipinski definition) is 3. The summed E-state index contributed by atoms with van der Waals surface area (Å²) in [4.78, 5) is 2.37. The van der Waals surface area contributed by atoms with Crippen molar-refractivity contribution in [3.8, 4) is 0 Å². The van der Waals surface area contributed by atoms with Gasteiger partial charge < -0.3 is 15.4 Å². The molecule has 1 aromatic rings. The highest BCUT2D eigenvalue weighted by molar-refractivity contribution is 6.31. The van der Waals surface area contributed by atoms with Crippen LogP contribution < -0.4 is 10.6 Å². The van der Waals surface area contributed by atoms with Crippen LogP contribution in [0.15, 0.2) is 18.2 Å². The minimum atomic E-state index is 0.424. The molecule has 4 heteroatoms. The SMILES string of the molecule is CCC1COCCN1c1cccc(Cl)c1CN. The van der Waals surface area contributed by atoms with Gasteiger partial charge in [-0.2, -0.15) is 0 Å². The lowest BCUT2D eigenvalue weighted by atomic mass is 10.1. The van der Waals surface area contributed by atoms with Gasteiger partial charge >= 0.3 is 0 Å². The Morgan fingerprint density at radius 2 is 2.35 bits per heavy atom. The van der Waals surface area contributed by atoms with E-state index >= 15 is 0 Å². The van der Waals surface area contributed by atoms with Crippen LogP contribution in [-0.2, 0) is 11.3 Å². The molecule has 1 unspecified atom stereocenters. The molecule has 0 spiro atoms. The van der Waals surface area contributed by atoms with E-state index < -0.39 is 0 Å². The molecule has 0 aromatic heterocycles. The van der Waals surface area contributed by atoms with Crippen LogP contribution in [0.1, 0.15) is 18.9 Å². The Balaban J connectivity index is 2.34. The molecular formula is C13H19ClN2O. The number of halogens is 1. The van der Waals surface area contributed by atoms with Gasteiger partial charge in [0.2, 0.25) is 0 Å². The van der Waals surface area contributed by atoms with Crippen LogP contribution in [0.4, 0.5) is 5.69 Å². The van der Waals surface area contributed by atoms with E-state index in [4.69, 9.17) is 22.1 Å². The van der Waals surface area contributed by atoms with E-state index in [-0.39, 0.29) is 0 Å². The second-order valence-electron chi connectivity index (χ2n) is 4.27. The molecule has 3 nitrogen and oxygen atoms in total. The molecule has 0 bridgehead atoms. The van der Waals surface area contributed by atoms with E-state index in [0.29, 0.717) is 12.6 Å². The van der Waals surface area contributed by atoms with Crippen LogP contribution in [0.5, 0.6) is 0 Å². The van der Waals surface area contributed by atoms with Gasteiger partial charge in [0, 0.05) is 29.4 Å². The quantitative estimate of drug-likeness (QED) is 0.900. The molecule has 1 fully saturated rings. The molecule has 1 heterocycles. The highest BCUT2D eigenvalue weighted by atomic mass is 35.5. The second kappa shape index (κ2) is 5.71. The third kappa shape index (κ3) is 2.57. The number of morpholine rings is 1. The van der Waals surface area contributed by atoms with Crippen molar-refractivity contribution in [2.75, 3.05) is 24.7 Å². The molecule has 17 heavy (non-hydrogen) atoms. The van der Waals surface area contributed by atoms with E-state index in [0.717, 1.165) is 42.5 Å². The van der Waals surface area contributed by atoms with Crippen molar-refractivity contribution in [1.29, 1.82) is 0 Å². The van der Waals surface area contributed by atoms with Gasteiger partial charge in [-0.25, -0.2) is 0 Å². The van der Waals surface area contributed by atoms with Crippen molar-refractivity contribution in [3.05, 3.63) is 28.8 Å². The van der Waals surface area contributed by atoms with Gasteiger partial charge in [0.15, 0.2) is 0 Å². The fraction of sp³-hybridized carbons (Fsp3) is 0.538. The van der Waals surface area contributed by atoms with Crippen molar-refractivity contribution in [1.82, 2.24) is 0 Å². The minimum Gasteiger partial charge on any atom is -0.377 e.